The Kier molecular flexibility index (Phi) is 5.19. The zero-order chi connectivity index (χ0) is 22.3. The number of anilines is 2. The Hall–Kier alpha value is -3.73. The van der Waals surface area contributed by atoms with E-state index in [2.05, 4.69) is 15.3 Å². The van der Waals surface area contributed by atoms with E-state index in [1.54, 1.807) is 0 Å². The topological polar surface area (TPSA) is 107 Å². The highest BCUT2D eigenvalue weighted by Gasteiger charge is 2.16. The molecule has 0 radical (unpaired) electrons. The summed E-state index contributed by atoms with van der Waals surface area (Å²) < 4.78 is 3.70. The highest BCUT2D eigenvalue weighted by molar-refractivity contribution is 7.14. The summed E-state index contributed by atoms with van der Waals surface area (Å²) in [5.74, 6) is -0.348. The predicted octanol–water partition coefficient (Wildman–Crippen LogP) is 1.26. The van der Waals surface area contributed by atoms with Gasteiger partial charge in [0, 0.05) is 44.8 Å². The Bertz CT molecular complexity index is 1390. The highest BCUT2D eigenvalue weighted by atomic mass is 32.1. The van der Waals surface area contributed by atoms with Gasteiger partial charge in [0.05, 0.1) is 12.0 Å². The van der Waals surface area contributed by atoms with Crippen molar-refractivity contribution in [1.29, 1.82) is 0 Å². The number of thiazole rings is 1. The van der Waals surface area contributed by atoms with Crippen LogP contribution in [0.2, 0.25) is 0 Å². The molecule has 0 saturated carbocycles. The smallest absolute Gasteiger partial charge is 0.332 e. The third-order valence-electron chi connectivity index (χ3n) is 4.96. The number of nitrogens with one attached hydrogen (secondary N) is 1. The molecular weight excluding hydrogens is 418 g/mol. The summed E-state index contributed by atoms with van der Waals surface area (Å²) in [5, 5.41) is 5.09. The Morgan fingerprint density at radius 3 is 2.52 bits per heavy atom. The number of carbonyl (C=O) groups is 1. The summed E-state index contributed by atoms with van der Waals surface area (Å²) in [5.41, 5.74) is 2.26. The zero-order valence-corrected chi connectivity index (χ0v) is 18.3. The van der Waals surface area contributed by atoms with Gasteiger partial charge in [-0.05, 0) is 12.1 Å². The van der Waals surface area contributed by atoms with Crippen molar-refractivity contribution in [1.82, 2.24) is 23.7 Å². The molecule has 1 aromatic carbocycles. The number of hydrogen-bond acceptors (Lipinski definition) is 7. The molecule has 160 valence electrons. The predicted molar refractivity (Wildman–Crippen MR) is 121 cm³/mol. The number of benzene rings is 1. The average molecular weight is 440 g/mol. The van der Waals surface area contributed by atoms with Gasteiger partial charge in [0.1, 0.15) is 6.54 Å². The van der Waals surface area contributed by atoms with Crippen LogP contribution >= 0.6 is 11.3 Å². The van der Waals surface area contributed by atoms with Crippen molar-refractivity contribution >= 4 is 39.2 Å². The molecule has 0 aliphatic rings. The van der Waals surface area contributed by atoms with Crippen molar-refractivity contribution in [2.45, 2.75) is 6.54 Å². The largest absolute Gasteiger partial charge is 0.378 e. The third-order valence-corrected chi connectivity index (χ3v) is 5.72. The second-order valence-electron chi connectivity index (χ2n) is 7.28. The quantitative estimate of drug-likeness (QED) is 0.502. The number of fused-ring (bicyclic) bond motifs is 1. The van der Waals surface area contributed by atoms with E-state index in [0.717, 1.165) is 21.5 Å². The molecule has 4 rings (SSSR count). The maximum absolute atomic E-state index is 12.6. The van der Waals surface area contributed by atoms with Gasteiger partial charge in [-0.3, -0.25) is 18.7 Å². The Morgan fingerprint density at radius 1 is 1.13 bits per heavy atom. The van der Waals surface area contributed by atoms with Gasteiger partial charge in [-0.15, -0.1) is 11.3 Å². The summed E-state index contributed by atoms with van der Waals surface area (Å²) in [6, 6.07) is 7.97. The van der Waals surface area contributed by atoms with Crippen molar-refractivity contribution in [2.24, 2.45) is 14.1 Å². The zero-order valence-electron chi connectivity index (χ0n) is 17.5. The van der Waals surface area contributed by atoms with Crippen LogP contribution in [0.5, 0.6) is 0 Å². The van der Waals surface area contributed by atoms with E-state index in [1.807, 2.05) is 48.6 Å². The second kappa shape index (κ2) is 7.84. The summed E-state index contributed by atoms with van der Waals surface area (Å²) in [4.78, 5) is 47.7. The summed E-state index contributed by atoms with van der Waals surface area (Å²) in [6.07, 6.45) is 1.38. The molecule has 0 aliphatic heterocycles. The molecule has 0 aliphatic carbocycles. The lowest BCUT2D eigenvalue weighted by Crippen LogP contribution is -2.37. The van der Waals surface area contributed by atoms with Crippen LogP contribution in [0.3, 0.4) is 0 Å². The van der Waals surface area contributed by atoms with Gasteiger partial charge in [0.2, 0.25) is 5.91 Å². The molecule has 0 spiro atoms. The third kappa shape index (κ3) is 3.75. The van der Waals surface area contributed by atoms with Gasteiger partial charge in [0.15, 0.2) is 16.3 Å². The van der Waals surface area contributed by atoms with Crippen LogP contribution in [-0.4, -0.2) is 43.7 Å². The van der Waals surface area contributed by atoms with Gasteiger partial charge in [-0.1, -0.05) is 12.1 Å². The molecule has 0 atom stereocenters. The first-order valence-corrected chi connectivity index (χ1v) is 10.3. The molecule has 0 unspecified atom stereocenters. The van der Waals surface area contributed by atoms with E-state index in [4.69, 9.17) is 0 Å². The van der Waals surface area contributed by atoms with E-state index in [-0.39, 0.29) is 23.6 Å². The summed E-state index contributed by atoms with van der Waals surface area (Å²) >= 11 is 1.32. The van der Waals surface area contributed by atoms with Crippen molar-refractivity contribution < 1.29 is 4.79 Å². The minimum atomic E-state index is -0.499. The number of amides is 1. The highest BCUT2D eigenvalue weighted by Crippen LogP contribution is 2.26. The first-order chi connectivity index (χ1) is 14.8. The van der Waals surface area contributed by atoms with E-state index in [9.17, 15) is 14.4 Å². The van der Waals surface area contributed by atoms with Crippen LogP contribution in [0.1, 0.15) is 0 Å². The maximum Gasteiger partial charge on any atom is 0.332 e. The molecule has 3 aromatic heterocycles. The molecule has 3 heterocycles. The summed E-state index contributed by atoms with van der Waals surface area (Å²) in [6.45, 7) is -0.129. The second-order valence-corrected chi connectivity index (χ2v) is 8.14. The van der Waals surface area contributed by atoms with E-state index < -0.39 is 11.2 Å². The Morgan fingerprint density at radius 2 is 1.84 bits per heavy atom. The van der Waals surface area contributed by atoms with Crippen LogP contribution in [0.15, 0.2) is 45.6 Å². The molecule has 11 heteroatoms. The molecule has 4 aromatic rings. The molecule has 1 N–H and O–H groups in total. The number of rotatable bonds is 5. The monoisotopic (exact) mass is 439 g/mol. The Balaban J connectivity index is 1.53. The normalized spacial score (nSPS) is 11.1. The number of nitrogens with zero attached hydrogens (tertiary/aromatic N) is 6. The SMILES string of the molecule is CN(C)c1ccc(-c2csc(NC(=O)Cn3cnc4c3c(=O)n(C)c(=O)n4C)n2)cc1. The average Bonchev–Trinajstić information content (AvgIpc) is 3.38. The van der Waals surface area contributed by atoms with Crippen molar-refractivity contribution in [3.63, 3.8) is 0 Å². The van der Waals surface area contributed by atoms with Crippen molar-refractivity contribution in [3.8, 4) is 11.3 Å². The fraction of sp³-hybridized carbons (Fsp3) is 0.250. The maximum atomic E-state index is 12.6. The number of aromatic nitrogens is 5. The van der Waals surface area contributed by atoms with Crippen LogP contribution < -0.4 is 21.5 Å². The molecule has 31 heavy (non-hydrogen) atoms. The van der Waals surface area contributed by atoms with Gasteiger partial charge in [-0.2, -0.15) is 0 Å². The van der Waals surface area contributed by atoms with Crippen LogP contribution in [0.4, 0.5) is 10.8 Å². The first-order valence-electron chi connectivity index (χ1n) is 9.40. The first kappa shape index (κ1) is 20.5. The van der Waals surface area contributed by atoms with Gasteiger partial charge >= 0.3 is 5.69 Å². The number of carbonyl (C=O) groups excluding carboxylic acids is 1. The molecule has 10 nitrogen and oxygen atoms in total. The van der Waals surface area contributed by atoms with Crippen LogP contribution in [0, 0.1) is 0 Å². The van der Waals surface area contributed by atoms with Crippen LogP contribution in [0.25, 0.3) is 22.4 Å². The lowest BCUT2D eigenvalue weighted by Gasteiger charge is -2.12. The minimum Gasteiger partial charge on any atom is -0.378 e. The van der Waals surface area contributed by atoms with Crippen LogP contribution in [-0.2, 0) is 25.4 Å². The van der Waals surface area contributed by atoms with Crippen molar-refractivity contribution in [3.05, 3.63) is 56.8 Å². The van der Waals surface area contributed by atoms with E-state index >= 15 is 0 Å². The fourth-order valence-electron chi connectivity index (χ4n) is 3.22. The number of hydrogen-bond donors (Lipinski definition) is 1. The van der Waals surface area contributed by atoms with E-state index in [0.29, 0.717) is 5.13 Å². The lowest BCUT2D eigenvalue weighted by atomic mass is 10.1. The number of aryl methyl sites for hydroxylation is 1. The number of imidazole rings is 1. The summed E-state index contributed by atoms with van der Waals surface area (Å²) in [7, 11) is 6.88. The Labute approximate surface area is 181 Å². The molecular formula is C20H21N7O3S. The van der Waals surface area contributed by atoms with E-state index in [1.165, 1.54) is 40.9 Å². The molecule has 0 fully saturated rings. The van der Waals surface area contributed by atoms with Crippen molar-refractivity contribution in [2.75, 3.05) is 24.3 Å². The van der Waals surface area contributed by atoms with Gasteiger partial charge < -0.3 is 14.8 Å². The molecule has 0 saturated heterocycles. The van der Waals surface area contributed by atoms with Gasteiger partial charge in [-0.25, -0.2) is 14.8 Å². The fourth-order valence-corrected chi connectivity index (χ4v) is 3.96. The minimum absolute atomic E-state index is 0.129. The standard InChI is InChI=1S/C20H21N7O3S/c1-24(2)13-7-5-12(6-8-13)14-10-31-19(22-14)23-15(28)9-27-11-21-17-16(27)18(29)26(4)20(30)25(17)3/h5-8,10-11H,9H2,1-4H3,(H,22,23,28). The van der Waals surface area contributed by atoms with Gasteiger partial charge in [0.25, 0.3) is 5.56 Å². The molecule has 0 bridgehead atoms. The lowest BCUT2D eigenvalue weighted by molar-refractivity contribution is -0.116. The molecule has 1 amide bonds.